The lowest BCUT2D eigenvalue weighted by Gasteiger charge is -2.30. The molecule has 2 aromatic rings. The summed E-state index contributed by atoms with van der Waals surface area (Å²) in [5.41, 5.74) is 1.99. The Hall–Kier alpha value is -4.65. The predicted molar refractivity (Wildman–Crippen MR) is 190 cm³/mol. The van der Waals surface area contributed by atoms with E-state index in [1.54, 1.807) is 72.8 Å². The molecule has 0 radical (unpaired) electrons. The molecule has 2 fully saturated rings. The third-order valence-electron chi connectivity index (χ3n) is 8.20. The van der Waals surface area contributed by atoms with Crippen LogP contribution in [-0.4, -0.2) is 67.7 Å². The molecule has 4 amide bonds. The smallest absolute Gasteiger partial charge is 0.292 e. The molecular weight excluding hydrogens is 725 g/mol. The number of amides is 4. The number of barbiturate groups is 1. The van der Waals surface area contributed by atoms with E-state index >= 15 is 0 Å². The van der Waals surface area contributed by atoms with Crippen LogP contribution in [0.25, 0.3) is 0 Å². The van der Waals surface area contributed by atoms with Crippen molar-refractivity contribution in [2.45, 2.75) is 22.6 Å². The number of thioether (sulfide) groups is 2. The minimum atomic E-state index is -4.69. The lowest BCUT2D eigenvalue weighted by atomic mass is 9.95. The molecule has 0 atom stereocenters. The summed E-state index contributed by atoms with van der Waals surface area (Å²) in [5, 5.41) is -0.393. The molecular formula is C33H28N4O9S4. The average molecular weight is 753 g/mol. The summed E-state index contributed by atoms with van der Waals surface area (Å²) in [5.74, 6) is -1.64. The van der Waals surface area contributed by atoms with Gasteiger partial charge in [0.2, 0.25) is 0 Å². The molecule has 0 spiro atoms. The van der Waals surface area contributed by atoms with E-state index in [1.165, 1.54) is 47.4 Å². The van der Waals surface area contributed by atoms with Crippen molar-refractivity contribution in [1.82, 2.24) is 9.80 Å². The number of rotatable bonds is 6. The number of benzene rings is 2. The van der Waals surface area contributed by atoms with Gasteiger partial charge in [-0.25, -0.2) is 4.79 Å². The molecule has 0 aromatic heterocycles. The molecule has 13 nitrogen and oxygen atoms in total. The Labute approximate surface area is 296 Å². The minimum absolute atomic E-state index is 0.251. The number of fused-ring (bicyclic) bond motifs is 2. The average Bonchev–Trinajstić information content (AvgIpc) is 3.75. The van der Waals surface area contributed by atoms with Gasteiger partial charge in [-0.15, -0.1) is 0 Å². The molecule has 50 heavy (non-hydrogen) atoms. The molecule has 17 heteroatoms. The number of nitrogens with zero attached hydrogens (tertiary/aromatic N) is 4. The Kier molecular flexibility index (Phi) is 9.08. The van der Waals surface area contributed by atoms with Crippen LogP contribution >= 0.6 is 23.5 Å². The van der Waals surface area contributed by atoms with Crippen LogP contribution in [0.4, 0.5) is 16.2 Å². The summed E-state index contributed by atoms with van der Waals surface area (Å²) >= 11 is 2.45. The quantitative estimate of drug-likeness (QED) is 0.212. The number of hydrogen-bond donors (Lipinski definition) is 2. The van der Waals surface area contributed by atoms with E-state index in [0.29, 0.717) is 55.2 Å². The SMILES string of the molecule is C=C(N1C(=CC=C2CCC(=CC=C3Sc4ccccc4N3C(=C)S(=O)(=O)O)C2=C2C(=O)N(C)C(=O)N(C)C2=O)Sc2ccccc21)S(=O)(=O)O. The zero-order chi connectivity index (χ0) is 36.3. The van der Waals surface area contributed by atoms with Crippen LogP contribution in [0.5, 0.6) is 0 Å². The van der Waals surface area contributed by atoms with Crippen LogP contribution in [0.3, 0.4) is 0 Å². The highest BCUT2D eigenvalue weighted by molar-refractivity contribution is 8.04. The van der Waals surface area contributed by atoms with Crippen molar-refractivity contribution in [3.63, 3.8) is 0 Å². The normalized spacial score (nSPS) is 21.4. The van der Waals surface area contributed by atoms with Crippen molar-refractivity contribution in [3.05, 3.63) is 128 Å². The Morgan fingerprint density at radius 3 is 1.42 bits per heavy atom. The van der Waals surface area contributed by atoms with Gasteiger partial charge >= 0.3 is 26.3 Å². The first kappa shape index (κ1) is 35.2. The zero-order valence-corrected chi connectivity index (χ0v) is 29.7. The van der Waals surface area contributed by atoms with Gasteiger partial charge in [-0.3, -0.25) is 38.3 Å². The molecule has 4 aliphatic rings. The number of carbonyl (C=O) groups excluding carboxylic acids is 3. The first-order chi connectivity index (χ1) is 23.5. The predicted octanol–water partition coefficient (Wildman–Crippen LogP) is 5.61. The minimum Gasteiger partial charge on any atom is -0.292 e. The number of imide groups is 2. The van der Waals surface area contributed by atoms with Gasteiger partial charge in [-0.1, -0.05) is 73.1 Å². The van der Waals surface area contributed by atoms with Crippen LogP contribution in [0.15, 0.2) is 138 Å². The van der Waals surface area contributed by atoms with Crippen LogP contribution in [0.2, 0.25) is 0 Å². The maximum atomic E-state index is 13.6. The van der Waals surface area contributed by atoms with Crippen molar-refractivity contribution < 1.29 is 40.3 Å². The van der Waals surface area contributed by atoms with Crippen LogP contribution in [-0.2, 0) is 29.8 Å². The maximum Gasteiger partial charge on any atom is 0.333 e. The van der Waals surface area contributed by atoms with Crippen molar-refractivity contribution in [2.24, 2.45) is 0 Å². The number of likely N-dealkylation sites (N-methyl/N-ethyl adjacent to an activating group) is 2. The highest BCUT2D eigenvalue weighted by atomic mass is 32.2. The summed E-state index contributed by atoms with van der Waals surface area (Å²) in [6, 6.07) is 13.0. The molecule has 1 saturated carbocycles. The molecule has 1 aliphatic carbocycles. The van der Waals surface area contributed by atoms with Gasteiger partial charge in [-0.05, 0) is 66.0 Å². The van der Waals surface area contributed by atoms with E-state index in [0.717, 1.165) is 9.80 Å². The molecule has 6 rings (SSSR count). The van der Waals surface area contributed by atoms with Gasteiger partial charge in [0.05, 0.1) is 21.4 Å². The monoisotopic (exact) mass is 752 g/mol. The third kappa shape index (κ3) is 6.16. The Bertz CT molecular complexity index is 2160. The van der Waals surface area contributed by atoms with Gasteiger partial charge < -0.3 is 0 Å². The van der Waals surface area contributed by atoms with Gasteiger partial charge in [-0.2, -0.15) is 16.8 Å². The number of para-hydroxylation sites is 2. The number of hydrogen-bond acceptors (Lipinski definition) is 11. The molecule has 0 unspecified atom stereocenters. The highest BCUT2D eigenvalue weighted by Gasteiger charge is 2.42. The summed E-state index contributed by atoms with van der Waals surface area (Å²) < 4.78 is 68.2. The van der Waals surface area contributed by atoms with Crippen molar-refractivity contribution in [3.8, 4) is 0 Å². The van der Waals surface area contributed by atoms with E-state index < -0.39 is 48.1 Å². The first-order valence-corrected chi connectivity index (χ1v) is 19.2. The van der Waals surface area contributed by atoms with Crippen LogP contribution < -0.4 is 9.80 Å². The Morgan fingerprint density at radius 2 is 1.04 bits per heavy atom. The largest absolute Gasteiger partial charge is 0.333 e. The lowest BCUT2D eigenvalue weighted by molar-refractivity contribution is -0.134. The molecule has 3 aliphatic heterocycles. The van der Waals surface area contributed by atoms with Crippen molar-refractivity contribution in [2.75, 3.05) is 23.9 Å². The van der Waals surface area contributed by atoms with Gasteiger partial charge in [0.15, 0.2) is 10.1 Å². The zero-order valence-electron chi connectivity index (χ0n) is 26.4. The van der Waals surface area contributed by atoms with Crippen molar-refractivity contribution >= 4 is 73.0 Å². The molecule has 0 bridgehead atoms. The summed E-state index contributed by atoms with van der Waals surface area (Å²) in [6.07, 6.45) is 7.11. The van der Waals surface area contributed by atoms with Gasteiger partial charge in [0.1, 0.15) is 5.57 Å². The highest BCUT2D eigenvalue weighted by Crippen LogP contribution is 2.50. The van der Waals surface area contributed by atoms with Gasteiger partial charge in [0.25, 0.3) is 11.8 Å². The van der Waals surface area contributed by atoms with Gasteiger partial charge in [0, 0.05) is 23.9 Å². The fourth-order valence-electron chi connectivity index (χ4n) is 5.74. The molecule has 2 aromatic carbocycles. The lowest BCUT2D eigenvalue weighted by Crippen LogP contribution is -2.53. The first-order valence-electron chi connectivity index (χ1n) is 14.6. The Morgan fingerprint density at radius 1 is 0.660 bits per heavy atom. The summed E-state index contributed by atoms with van der Waals surface area (Å²) in [4.78, 5) is 45.4. The van der Waals surface area contributed by atoms with Crippen LogP contribution in [0.1, 0.15) is 12.8 Å². The van der Waals surface area contributed by atoms with E-state index in [1.807, 2.05) is 0 Å². The van der Waals surface area contributed by atoms with E-state index in [4.69, 9.17) is 0 Å². The van der Waals surface area contributed by atoms with Crippen molar-refractivity contribution in [1.29, 1.82) is 0 Å². The Balaban J connectivity index is 1.49. The topological polar surface area (TPSA) is 173 Å². The molecule has 3 heterocycles. The van der Waals surface area contributed by atoms with Crippen LogP contribution in [0, 0.1) is 0 Å². The van der Waals surface area contributed by atoms with E-state index in [-0.39, 0.29) is 11.1 Å². The molecule has 2 N–H and O–H groups in total. The number of urea groups is 1. The second-order valence-electron chi connectivity index (χ2n) is 11.2. The number of carbonyl (C=O) groups is 3. The van der Waals surface area contributed by atoms with E-state index in [9.17, 15) is 40.3 Å². The third-order valence-corrected chi connectivity index (χ3v) is 11.9. The standard InChI is InChI=1S/C33H28N4O9S4/c1-19(49(41,42)43)36-23-9-5-7-11-25(23)47-27(36)17-15-21-13-14-22(29(21)30-31(38)34(3)33(40)35(4)32(30)39)16-18-28-37(20(2)50(44,45)46)24-10-6-8-12-26(24)48-28/h5-12,15-18H,1-2,13-14H2,3-4H3,(H,41,42,43)(H,44,45,46). The number of allylic oxidation sites excluding steroid dienone is 7. The summed E-state index contributed by atoms with van der Waals surface area (Å²) in [7, 11) is -6.86. The fraction of sp³-hybridized carbons (Fsp3) is 0.121. The van der Waals surface area contributed by atoms with E-state index in [2.05, 4.69) is 13.2 Å². The second kappa shape index (κ2) is 12.9. The maximum absolute atomic E-state index is 13.6. The molecule has 258 valence electrons. The summed E-state index contributed by atoms with van der Waals surface area (Å²) in [6.45, 7) is 7.16. The number of anilines is 2. The second-order valence-corrected chi connectivity index (χ2v) is 16.2. The molecule has 1 saturated heterocycles. The fourth-order valence-corrected chi connectivity index (χ4v) is 8.85.